The molecule has 2 aromatic carbocycles. The molecule has 2 saturated heterocycles. The quantitative estimate of drug-likeness (QED) is 0.526. The molecule has 3 aromatic rings. The number of rotatable bonds is 4. The summed E-state index contributed by atoms with van der Waals surface area (Å²) >= 11 is 0. The van der Waals surface area contributed by atoms with Crippen LogP contribution in [0, 0.1) is 12.8 Å². The van der Waals surface area contributed by atoms with Crippen LogP contribution in [-0.2, 0) is 14.9 Å². The van der Waals surface area contributed by atoms with E-state index in [4.69, 9.17) is 4.74 Å². The average molecular weight is 441 g/mol. The van der Waals surface area contributed by atoms with Gasteiger partial charge in [0.1, 0.15) is 6.10 Å². The topological polar surface area (TPSA) is 42.4 Å². The van der Waals surface area contributed by atoms with Crippen LogP contribution in [0.2, 0.25) is 0 Å². The van der Waals surface area contributed by atoms with Crippen molar-refractivity contribution in [3.63, 3.8) is 0 Å². The normalized spacial score (nSPS) is 22.6. The third kappa shape index (κ3) is 3.74. The minimum absolute atomic E-state index is 0.181. The third-order valence-corrected chi connectivity index (χ3v) is 8.33. The molecular formula is C29H32N2O2. The lowest BCUT2D eigenvalue weighted by Crippen LogP contribution is -2.45. The maximum Gasteiger partial charge on any atom is 0.251 e. The first-order valence-electron chi connectivity index (χ1n) is 12.5. The molecule has 4 nitrogen and oxygen atoms in total. The Morgan fingerprint density at radius 2 is 1.76 bits per heavy atom. The molecule has 1 aliphatic carbocycles. The van der Waals surface area contributed by atoms with E-state index in [2.05, 4.69) is 59.3 Å². The highest BCUT2D eigenvalue weighted by molar-refractivity contribution is 5.89. The maximum absolute atomic E-state index is 12.7. The van der Waals surface area contributed by atoms with Gasteiger partial charge in [0.25, 0.3) is 5.91 Å². The second kappa shape index (κ2) is 8.25. The van der Waals surface area contributed by atoms with Crippen LogP contribution < -0.4 is 0 Å². The number of aromatic nitrogens is 1. The second-order valence-electron chi connectivity index (χ2n) is 10.2. The minimum atomic E-state index is -0.181. The van der Waals surface area contributed by atoms with E-state index in [1.807, 2.05) is 12.4 Å². The zero-order chi connectivity index (χ0) is 22.4. The lowest BCUT2D eigenvalue weighted by atomic mass is 9.76. The Hall–Kier alpha value is -2.72. The van der Waals surface area contributed by atoms with Gasteiger partial charge in [-0.25, -0.2) is 0 Å². The molecule has 2 aliphatic heterocycles. The van der Waals surface area contributed by atoms with Gasteiger partial charge in [0, 0.05) is 37.5 Å². The largest absolute Gasteiger partial charge is 0.368 e. The molecule has 1 atom stereocenters. The summed E-state index contributed by atoms with van der Waals surface area (Å²) < 4.78 is 5.63. The molecule has 1 unspecified atom stereocenters. The predicted molar refractivity (Wildman–Crippen MR) is 131 cm³/mol. The molecule has 0 N–H and O–H groups in total. The van der Waals surface area contributed by atoms with Crippen LogP contribution in [0.1, 0.15) is 49.7 Å². The molecule has 0 spiro atoms. The van der Waals surface area contributed by atoms with E-state index >= 15 is 0 Å². The van der Waals surface area contributed by atoms with Gasteiger partial charge in [-0.3, -0.25) is 9.78 Å². The first kappa shape index (κ1) is 20.9. The van der Waals surface area contributed by atoms with Gasteiger partial charge in [-0.15, -0.1) is 0 Å². The summed E-state index contributed by atoms with van der Waals surface area (Å²) in [5.41, 5.74) is 5.55. The van der Waals surface area contributed by atoms with Gasteiger partial charge in [-0.2, -0.15) is 0 Å². The van der Waals surface area contributed by atoms with Gasteiger partial charge in [0.05, 0.1) is 0 Å². The Bertz CT molecular complexity index is 1170. The van der Waals surface area contributed by atoms with Gasteiger partial charge in [0.15, 0.2) is 0 Å². The Morgan fingerprint density at radius 1 is 1.00 bits per heavy atom. The number of piperidine rings is 1. The zero-order valence-electron chi connectivity index (χ0n) is 19.4. The molecule has 3 aliphatic rings. The molecule has 33 heavy (non-hydrogen) atoms. The Balaban J connectivity index is 1.16. The lowest BCUT2D eigenvalue weighted by molar-refractivity contribution is -0.142. The molecule has 0 radical (unpaired) electrons. The summed E-state index contributed by atoms with van der Waals surface area (Å²) in [4.78, 5) is 19.1. The first-order chi connectivity index (χ1) is 16.1. The van der Waals surface area contributed by atoms with E-state index in [0.717, 1.165) is 45.4 Å². The van der Waals surface area contributed by atoms with E-state index < -0.39 is 0 Å². The number of nitrogens with zero attached hydrogens (tertiary/aromatic N) is 2. The third-order valence-electron chi connectivity index (χ3n) is 8.33. The molecule has 6 rings (SSSR count). The number of ether oxygens (including phenoxy) is 1. The summed E-state index contributed by atoms with van der Waals surface area (Å²) in [6.45, 7) is 4.63. The van der Waals surface area contributed by atoms with Crippen molar-refractivity contribution in [1.29, 1.82) is 0 Å². The summed E-state index contributed by atoms with van der Waals surface area (Å²) in [6, 6.07) is 16.0. The molecule has 3 heterocycles. The van der Waals surface area contributed by atoms with Crippen molar-refractivity contribution in [1.82, 2.24) is 9.88 Å². The van der Waals surface area contributed by atoms with Crippen LogP contribution in [-0.4, -0.2) is 41.6 Å². The maximum atomic E-state index is 12.7. The molecule has 1 amide bonds. The number of hydrogen-bond acceptors (Lipinski definition) is 3. The van der Waals surface area contributed by atoms with E-state index in [9.17, 15) is 4.79 Å². The first-order valence-corrected chi connectivity index (χ1v) is 12.5. The summed E-state index contributed by atoms with van der Waals surface area (Å²) in [7, 11) is 0. The number of likely N-dealkylation sites (tertiary alicyclic amines) is 1. The predicted octanol–water partition coefficient (Wildman–Crippen LogP) is 5.66. The highest BCUT2D eigenvalue weighted by atomic mass is 16.5. The molecule has 1 saturated carbocycles. The number of carbonyl (C=O) groups is 1. The van der Waals surface area contributed by atoms with Gasteiger partial charge in [-0.05, 0) is 90.5 Å². The standard InChI is InChI=1S/C29H32N2O2/c1-20-18-30-19-23-5-4-22(17-26(20)23)21-6-8-24(9-7-21)29(12-13-29)25-10-14-31(15-11-25)28(32)27-3-2-16-33-27/h4-9,17-19,25,27H,2-3,10-16H2,1H3. The molecular weight excluding hydrogens is 408 g/mol. The number of fused-ring (bicyclic) bond motifs is 1. The Labute approximate surface area is 196 Å². The van der Waals surface area contributed by atoms with Crippen molar-refractivity contribution in [2.75, 3.05) is 19.7 Å². The van der Waals surface area contributed by atoms with Crippen LogP contribution in [0.4, 0.5) is 0 Å². The van der Waals surface area contributed by atoms with Crippen LogP contribution >= 0.6 is 0 Å². The molecule has 170 valence electrons. The van der Waals surface area contributed by atoms with Crippen molar-refractivity contribution >= 4 is 16.7 Å². The fraction of sp³-hybridized carbons (Fsp3) is 0.448. The van der Waals surface area contributed by atoms with E-state index in [0.29, 0.717) is 11.3 Å². The van der Waals surface area contributed by atoms with Gasteiger partial charge < -0.3 is 9.64 Å². The van der Waals surface area contributed by atoms with E-state index in [1.54, 1.807) is 0 Å². The fourth-order valence-electron chi connectivity index (χ4n) is 6.18. The lowest BCUT2D eigenvalue weighted by Gasteiger charge is -2.37. The fourth-order valence-corrected chi connectivity index (χ4v) is 6.18. The highest BCUT2D eigenvalue weighted by Gasteiger charge is 2.51. The number of amides is 1. The number of aryl methyl sites for hydroxylation is 1. The number of pyridine rings is 1. The van der Waals surface area contributed by atoms with Crippen LogP contribution in [0.5, 0.6) is 0 Å². The summed E-state index contributed by atoms with van der Waals surface area (Å²) in [5.74, 6) is 0.897. The van der Waals surface area contributed by atoms with Gasteiger partial charge in [0.2, 0.25) is 0 Å². The van der Waals surface area contributed by atoms with Crippen molar-refractivity contribution < 1.29 is 9.53 Å². The smallest absolute Gasteiger partial charge is 0.251 e. The molecule has 4 heteroatoms. The number of carbonyl (C=O) groups excluding carboxylic acids is 1. The Morgan fingerprint density at radius 3 is 2.45 bits per heavy atom. The Kier molecular flexibility index (Phi) is 5.21. The zero-order valence-corrected chi connectivity index (χ0v) is 19.4. The van der Waals surface area contributed by atoms with E-state index in [1.165, 1.54) is 45.9 Å². The van der Waals surface area contributed by atoms with Crippen molar-refractivity contribution in [3.8, 4) is 11.1 Å². The second-order valence-corrected chi connectivity index (χ2v) is 10.2. The van der Waals surface area contributed by atoms with Gasteiger partial charge >= 0.3 is 0 Å². The highest BCUT2D eigenvalue weighted by Crippen LogP contribution is 2.57. The summed E-state index contributed by atoms with van der Waals surface area (Å²) in [5, 5.41) is 2.46. The van der Waals surface area contributed by atoms with Crippen molar-refractivity contribution in [2.24, 2.45) is 5.92 Å². The summed E-state index contributed by atoms with van der Waals surface area (Å²) in [6.07, 6.45) is 10.4. The van der Waals surface area contributed by atoms with Crippen LogP contribution in [0.25, 0.3) is 21.9 Å². The van der Waals surface area contributed by atoms with Crippen LogP contribution in [0.15, 0.2) is 54.9 Å². The molecule has 0 bridgehead atoms. The molecule has 1 aromatic heterocycles. The van der Waals surface area contributed by atoms with E-state index in [-0.39, 0.29) is 12.0 Å². The number of hydrogen-bond donors (Lipinski definition) is 0. The molecule has 3 fully saturated rings. The SMILES string of the molecule is Cc1cncc2ccc(-c3ccc(C4(C5CCN(C(=O)C6CCCO6)CC5)CC4)cc3)cc12. The number of benzene rings is 2. The van der Waals surface area contributed by atoms with Crippen LogP contribution in [0.3, 0.4) is 0 Å². The monoisotopic (exact) mass is 440 g/mol. The van der Waals surface area contributed by atoms with Crippen molar-refractivity contribution in [2.45, 2.75) is 57.0 Å². The minimum Gasteiger partial charge on any atom is -0.368 e. The van der Waals surface area contributed by atoms with Crippen molar-refractivity contribution in [3.05, 3.63) is 66.0 Å². The van der Waals surface area contributed by atoms with Gasteiger partial charge in [-0.1, -0.05) is 36.4 Å². The average Bonchev–Trinajstić information content (AvgIpc) is 3.49.